The maximum absolute atomic E-state index is 11.2. The van der Waals surface area contributed by atoms with E-state index >= 15 is 0 Å². The molecule has 3 rings (SSSR count). The van der Waals surface area contributed by atoms with Gasteiger partial charge in [0.25, 0.3) is 0 Å². The van der Waals surface area contributed by atoms with Gasteiger partial charge in [-0.25, -0.2) is 5.10 Å². The zero-order valence-corrected chi connectivity index (χ0v) is 18.6. The summed E-state index contributed by atoms with van der Waals surface area (Å²) in [5, 5.41) is 28.2. The highest BCUT2D eigenvalue weighted by molar-refractivity contribution is 5.75. The van der Waals surface area contributed by atoms with Crippen molar-refractivity contribution in [1.29, 1.82) is 5.26 Å². The number of hydrogen-bond donors (Lipinski definition) is 3. The van der Waals surface area contributed by atoms with Crippen molar-refractivity contribution < 1.29 is 9.90 Å². The Morgan fingerprint density at radius 1 is 1.32 bits per heavy atom. The Balaban J connectivity index is 2.00. The van der Waals surface area contributed by atoms with Gasteiger partial charge in [0.2, 0.25) is 11.8 Å². The van der Waals surface area contributed by atoms with Crippen LogP contribution in [0.2, 0.25) is 0 Å². The predicted molar refractivity (Wildman–Crippen MR) is 121 cm³/mol. The van der Waals surface area contributed by atoms with Gasteiger partial charge in [0, 0.05) is 12.6 Å². The minimum atomic E-state index is -0.817. The lowest BCUT2D eigenvalue weighted by Crippen LogP contribution is -2.39. The first kappa shape index (κ1) is 22.6. The molecule has 1 saturated carbocycles. The summed E-state index contributed by atoms with van der Waals surface area (Å²) in [5.74, 6) is 0.0262. The fraction of sp³-hybridized carbons (Fsp3) is 0.565. The number of aromatic amines is 1. The van der Waals surface area contributed by atoms with Crippen molar-refractivity contribution >= 4 is 23.3 Å². The molecule has 0 bridgehead atoms. The van der Waals surface area contributed by atoms with E-state index in [1.54, 1.807) is 0 Å². The Bertz CT molecular complexity index is 926. The van der Waals surface area contributed by atoms with Crippen LogP contribution in [-0.4, -0.2) is 38.8 Å². The summed E-state index contributed by atoms with van der Waals surface area (Å²) in [4.78, 5) is 17.9. The number of nitriles is 1. The SMILES string of the molecule is CC(C)CN(c1ccc([C@H](C)CC(=O)O)cc1Nc1n[nH]c(C#N)n1)C1CCCCC1. The number of aromatic nitrogens is 3. The molecule has 166 valence electrons. The van der Waals surface area contributed by atoms with E-state index in [-0.39, 0.29) is 18.2 Å². The first-order valence-corrected chi connectivity index (χ1v) is 11.1. The average Bonchev–Trinajstić information content (AvgIpc) is 3.20. The lowest BCUT2D eigenvalue weighted by molar-refractivity contribution is -0.137. The van der Waals surface area contributed by atoms with Crippen molar-refractivity contribution in [3.63, 3.8) is 0 Å². The quantitative estimate of drug-likeness (QED) is 0.529. The van der Waals surface area contributed by atoms with E-state index < -0.39 is 5.97 Å². The molecule has 0 saturated heterocycles. The standard InChI is InChI=1S/C23H32N6O2/c1-15(2)14-29(18-7-5-4-6-8-18)20-10-9-17(16(3)11-22(30)31)12-19(20)25-23-26-21(13-24)27-28-23/h9-10,12,15-16,18H,4-8,11,14H2,1-3H3,(H,30,31)(H2,25,26,27,28)/t16-/m1/s1. The summed E-state index contributed by atoms with van der Waals surface area (Å²) >= 11 is 0. The van der Waals surface area contributed by atoms with Crippen LogP contribution in [0.5, 0.6) is 0 Å². The Labute approximate surface area is 183 Å². The molecule has 1 aliphatic carbocycles. The first-order valence-electron chi connectivity index (χ1n) is 11.1. The highest BCUT2D eigenvalue weighted by Crippen LogP contribution is 2.36. The molecule has 31 heavy (non-hydrogen) atoms. The fourth-order valence-corrected chi connectivity index (χ4v) is 4.31. The van der Waals surface area contributed by atoms with E-state index in [1.807, 2.05) is 25.1 Å². The molecule has 0 radical (unpaired) electrons. The molecule has 2 aromatic rings. The molecule has 8 heteroatoms. The van der Waals surface area contributed by atoms with Crippen LogP contribution in [0, 0.1) is 17.2 Å². The number of nitrogens with one attached hydrogen (secondary N) is 2. The van der Waals surface area contributed by atoms with Crippen LogP contribution in [0.25, 0.3) is 0 Å². The van der Waals surface area contributed by atoms with Gasteiger partial charge in [0.15, 0.2) is 0 Å². The molecule has 0 amide bonds. The van der Waals surface area contributed by atoms with Crippen LogP contribution in [0.3, 0.4) is 0 Å². The minimum Gasteiger partial charge on any atom is -0.481 e. The van der Waals surface area contributed by atoms with E-state index in [2.05, 4.69) is 45.3 Å². The number of hydrogen-bond acceptors (Lipinski definition) is 6. The van der Waals surface area contributed by atoms with Crippen LogP contribution in [0.4, 0.5) is 17.3 Å². The number of carbonyl (C=O) groups is 1. The Morgan fingerprint density at radius 2 is 2.06 bits per heavy atom. The van der Waals surface area contributed by atoms with Gasteiger partial charge in [-0.15, -0.1) is 5.10 Å². The smallest absolute Gasteiger partial charge is 0.303 e. The maximum Gasteiger partial charge on any atom is 0.303 e. The van der Waals surface area contributed by atoms with Crippen molar-refractivity contribution in [3.8, 4) is 6.07 Å². The lowest BCUT2D eigenvalue weighted by Gasteiger charge is -2.38. The molecule has 1 fully saturated rings. The summed E-state index contributed by atoms with van der Waals surface area (Å²) in [5.41, 5.74) is 2.84. The third kappa shape index (κ3) is 5.97. The zero-order valence-electron chi connectivity index (χ0n) is 18.6. The number of rotatable bonds is 9. The average molecular weight is 425 g/mol. The fourth-order valence-electron chi connectivity index (χ4n) is 4.31. The van der Waals surface area contributed by atoms with Crippen LogP contribution in [-0.2, 0) is 4.79 Å². The number of nitrogens with zero attached hydrogens (tertiary/aromatic N) is 4. The van der Waals surface area contributed by atoms with Crippen molar-refractivity contribution in [2.75, 3.05) is 16.8 Å². The van der Waals surface area contributed by atoms with Crippen molar-refractivity contribution in [2.24, 2.45) is 5.92 Å². The predicted octanol–water partition coefficient (Wildman–Crippen LogP) is 4.79. The molecule has 8 nitrogen and oxygen atoms in total. The highest BCUT2D eigenvalue weighted by Gasteiger charge is 2.25. The number of anilines is 3. The number of carboxylic acid groups (broad SMARTS) is 1. The third-order valence-electron chi connectivity index (χ3n) is 5.79. The highest BCUT2D eigenvalue weighted by atomic mass is 16.4. The number of carboxylic acids is 1. The van der Waals surface area contributed by atoms with Crippen LogP contribution >= 0.6 is 0 Å². The monoisotopic (exact) mass is 424 g/mol. The zero-order chi connectivity index (χ0) is 22.4. The second-order valence-corrected chi connectivity index (χ2v) is 8.86. The minimum absolute atomic E-state index is 0.0658. The summed E-state index contributed by atoms with van der Waals surface area (Å²) in [6, 6.07) is 8.55. The summed E-state index contributed by atoms with van der Waals surface area (Å²) in [6.45, 7) is 7.29. The summed E-state index contributed by atoms with van der Waals surface area (Å²) in [6.07, 6.45) is 6.17. The largest absolute Gasteiger partial charge is 0.481 e. The lowest BCUT2D eigenvalue weighted by atomic mass is 9.92. The first-order chi connectivity index (χ1) is 14.9. The third-order valence-corrected chi connectivity index (χ3v) is 5.79. The molecule has 3 N–H and O–H groups in total. The number of aliphatic carboxylic acids is 1. The molecular weight excluding hydrogens is 392 g/mol. The molecule has 1 aromatic heterocycles. The summed E-state index contributed by atoms with van der Waals surface area (Å²) in [7, 11) is 0. The molecule has 1 atom stereocenters. The van der Waals surface area contributed by atoms with Gasteiger partial charge >= 0.3 is 5.97 Å². The molecule has 0 unspecified atom stereocenters. The number of benzene rings is 1. The molecule has 0 aliphatic heterocycles. The molecular formula is C23H32N6O2. The Morgan fingerprint density at radius 3 is 2.68 bits per heavy atom. The summed E-state index contributed by atoms with van der Waals surface area (Å²) < 4.78 is 0. The van der Waals surface area contributed by atoms with Gasteiger partial charge in [0.05, 0.1) is 17.8 Å². The van der Waals surface area contributed by atoms with E-state index in [9.17, 15) is 9.90 Å². The second kappa shape index (κ2) is 10.3. The second-order valence-electron chi connectivity index (χ2n) is 8.86. The van der Waals surface area contributed by atoms with Gasteiger partial charge in [-0.1, -0.05) is 46.1 Å². The maximum atomic E-state index is 11.2. The Hall–Kier alpha value is -3.08. The molecule has 1 aromatic carbocycles. The normalized spacial score (nSPS) is 15.5. The van der Waals surface area contributed by atoms with Gasteiger partial charge in [-0.05, 0) is 42.4 Å². The van der Waals surface area contributed by atoms with E-state index in [0.717, 1.165) is 23.5 Å². The van der Waals surface area contributed by atoms with Crippen molar-refractivity contribution in [2.45, 2.75) is 71.3 Å². The van der Waals surface area contributed by atoms with Crippen molar-refractivity contribution in [1.82, 2.24) is 15.2 Å². The van der Waals surface area contributed by atoms with Crippen LogP contribution < -0.4 is 10.2 Å². The Kier molecular flexibility index (Phi) is 7.50. The molecule has 1 aliphatic rings. The number of H-pyrrole nitrogens is 1. The van der Waals surface area contributed by atoms with E-state index in [4.69, 9.17) is 5.26 Å². The van der Waals surface area contributed by atoms with Crippen molar-refractivity contribution in [3.05, 3.63) is 29.6 Å². The van der Waals surface area contributed by atoms with Gasteiger partial charge in [-0.2, -0.15) is 10.2 Å². The van der Waals surface area contributed by atoms with Crippen LogP contribution in [0.15, 0.2) is 18.2 Å². The van der Waals surface area contributed by atoms with E-state index in [1.165, 1.54) is 32.1 Å². The molecule has 0 spiro atoms. The van der Waals surface area contributed by atoms with Gasteiger partial charge < -0.3 is 15.3 Å². The van der Waals surface area contributed by atoms with Crippen LogP contribution in [0.1, 0.15) is 76.6 Å². The van der Waals surface area contributed by atoms with Gasteiger partial charge in [-0.3, -0.25) is 4.79 Å². The molecule has 1 heterocycles. The topological polar surface area (TPSA) is 118 Å². The van der Waals surface area contributed by atoms with E-state index in [0.29, 0.717) is 17.9 Å². The van der Waals surface area contributed by atoms with Gasteiger partial charge in [0.1, 0.15) is 6.07 Å².